The van der Waals surface area contributed by atoms with Crippen LogP contribution in [0.2, 0.25) is 0 Å². The highest BCUT2D eigenvalue weighted by Gasteiger charge is 2.32. The molecule has 18 heavy (non-hydrogen) atoms. The van der Waals surface area contributed by atoms with Gasteiger partial charge in [0.2, 0.25) is 5.91 Å². The third-order valence-electron chi connectivity index (χ3n) is 3.34. The Hall–Kier alpha value is -0.880. The Balaban J connectivity index is 2.04. The van der Waals surface area contributed by atoms with Gasteiger partial charge in [-0.2, -0.15) is 0 Å². The standard InChI is InChI=1S/C12H13BrN2O2S/c13-8-1-2-11-10(5-8)14-12(16)6-9-7-18(17)4-3-15(9)11/h1-2,5,9H,3-4,6-7H2,(H,14,16). The predicted octanol–water partition coefficient (Wildman–Crippen LogP) is 1.73. The third kappa shape index (κ3) is 2.19. The van der Waals surface area contributed by atoms with Crippen LogP contribution < -0.4 is 10.2 Å². The molecule has 96 valence electrons. The van der Waals surface area contributed by atoms with E-state index in [2.05, 4.69) is 26.1 Å². The quantitative estimate of drug-likeness (QED) is 0.789. The first kappa shape index (κ1) is 12.2. The van der Waals surface area contributed by atoms with Gasteiger partial charge in [0.25, 0.3) is 0 Å². The monoisotopic (exact) mass is 328 g/mol. The molecule has 1 N–H and O–H groups in total. The van der Waals surface area contributed by atoms with Gasteiger partial charge in [0, 0.05) is 45.8 Å². The molecular weight excluding hydrogens is 316 g/mol. The van der Waals surface area contributed by atoms with Crippen molar-refractivity contribution in [2.24, 2.45) is 0 Å². The summed E-state index contributed by atoms with van der Waals surface area (Å²) in [7, 11) is -0.793. The van der Waals surface area contributed by atoms with E-state index in [1.165, 1.54) is 0 Å². The number of hydrogen-bond acceptors (Lipinski definition) is 3. The highest BCUT2D eigenvalue weighted by atomic mass is 79.9. The summed E-state index contributed by atoms with van der Waals surface area (Å²) in [5.74, 6) is 1.27. The van der Waals surface area contributed by atoms with Gasteiger partial charge in [-0.05, 0) is 18.2 Å². The highest BCUT2D eigenvalue weighted by molar-refractivity contribution is 9.10. The van der Waals surface area contributed by atoms with Gasteiger partial charge in [0.15, 0.2) is 0 Å². The molecule has 0 spiro atoms. The van der Waals surface area contributed by atoms with Gasteiger partial charge in [-0.15, -0.1) is 0 Å². The molecule has 2 unspecified atom stereocenters. The van der Waals surface area contributed by atoms with Crippen molar-refractivity contribution >= 4 is 44.0 Å². The first-order chi connectivity index (χ1) is 8.63. The lowest BCUT2D eigenvalue weighted by atomic mass is 10.1. The molecule has 1 aromatic carbocycles. The molecule has 0 bridgehead atoms. The smallest absolute Gasteiger partial charge is 0.226 e. The summed E-state index contributed by atoms with van der Waals surface area (Å²) in [5.41, 5.74) is 1.87. The summed E-state index contributed by atoms with van der Waals surface area (Å²) in [4.78, 5) is 14.1. The summed E-state index contributed by atoms with van der Waals surface area (Å²) in [6.07, 6.45) is 0.415. The van der Waals surface area contributed by atoms with E-state index in [0.29, 0.717) is 17.9 Å². The Morgan fingerprint density at radius 3 is 3.11 bits per heavy atom. The van der Waals surface area contributed by atoms with E-state index in [1.54, 1.807) is 0 Å². The number of nitrogens with zero attached hydrogens (tertiary/aromatic N) is 1. The Morgan fingerprint density at radius 2 is 2.28 bits per heavy atom. The molecule has 1 amide bonds. The summed E-state index contributed by atoms with van der Waals surface area (Å²) in [6.45, 7) is 0.751. The van der Waals surface area contributed by atoms with E-state index >= 15 is 0 Å². The van der Waals surface area contributed by atoms with E-state index in [1.807, 2.05) is 18.2 Å². The minimum absolute atomic E-state index is 0.000694. The van der Waals surface area contributed by atoms with Gasteiger partial charge in [-0.25, -0.2) is 0 Å². The summed E-state index contributed by atoms with van der Waals surface area (Å²) in [6, 6.07) is 5.95. The number of anilines is 2. The molecule has 1 saturated heterocycles. The fourth-order valence-corrected chi connectivity index (χ4v) is 4.19. The van der Waals surface area contributed by atoms with Crippen LogP contribution in [0.1, 0.15) is 6.42 Å². The van der Waals surface area contributed by atoms with Gasteiger partial charge in [-0.1, -0.05) is 15.9 Å². The number of fused-ring (bicyclic) bond motifs is 3. The Morgan fingerprint density at radius 1 is 1.44 bits per heavy atom. The van der Waals surface area contributed by atoms with Gasteiger partial charge >= 0.3 is 0 Å². The lowest BCUT2D eigenvalue weighted by Crippen LogP contribution is -2.47. The highest BCUT2D eigenvalue weighted by Crippen LogP contribution is 2.34. The molecule has 0 aliphatic carbocycles. The van der Waals surface area contributed by atoms with Crippen LogP contribution >= 0.6 is 15.9 Å². The molecular formula is C12H13BrN2O2S. The molecule has 6 heteroatoms. The van der Waals surface area contributed by atoms with Crippen molar-refractivity contribution in [1.29, 1.82) is 0 Å². The number of benzene rings is 1. The van der Waals surface area contributed by atoms with Crippen molar-refractivity contribution in [3.05, 3.63) is 22.7 Å². The molecule has 4 nitrogen and oxygen atoms in total. The van der Waals surface area contributed by atoms with Gasteiger partial charge < -0.3 is 10.2 Å². The van der Waals surface area contributed by atoms with Crippen molar-refractivity contribution in [3.63, 3.8) is 0 Å². The summed E-state index contributed by atoms with van der Waals surface area (Å²) >= 11 is 3.41. The lowest BCUT2D eigenvalue weighted by Gasteiger charge is -2.35. The van der Waals surface area contributed by atoms with Crippen LogP contribution in [0, 0.1) is 0 Å². The number of hydrogen-bond donors (Lipinski definition) is 1. The van der Waals surface area contributed by atoms with Crippen LogP contribution in [-0.4, -0.2) is 34.2 Å². The number of rotatable bonds is 0. The second-order valence-electron chi connectivity index (χ2n) is 4.57. The Bertz CT molecular complexity index is 535. The molecule has 1 fully saturated rings. The van der Waals surface area contributed by atoms with Gasteiger partial charge in [0.1, 0.15) is 0 Å². The van der Waals surface area contributed by atoms with Crippen LogP contribution in [0.25, 0.3) is 0 Å². The molecule has 2 aliphatic heterocycles. The number of carbonyl (C=O) groups excluding carboxylic acids is 1. The van der Waals surface area contributed by atoms with Gasteiger partial charge in [-0.3, -0.25) is 9.00 Å². The van der Waals surface area contributed by atoms with E-state index in [0.717, 1.165) is 22.4 Å². The minimum atomic E-state index is -0.793. The summed E-state index contributed by atoms with van der Waals surface area (Å²) in [5, 5.41) is 2.92. The largest absolute Gasteiger partial charge is 0.365 e. The summed E-state index contributed by atoms with van der Waals surface area (Å²) < 4.78 is 12.6. The predicted molar refractivity (Wildman–Crippen MR) is 76.4 cm³/mol. The van der Waals surface area contributed by atoms with Crippen LogP contribution in [0.4, 0.5) is 11.4 Å². The fraction of sp³-hybridized carbons (Fsp3) is 0.417. The first-order valence-electron chi connectivity index (χ1n) is 5.84. The van der Waals surface area contributed by atoms with E-state index in [4.69, 9.17) is 0 Å². The van der Waals surface area contributed by atoms with Crippen molar-refractivity contribution in [2.45, 2.75) is 12.5 Å². The van der Waals surface area contributed by atoms with Gasteiger partial charge in [0.05, 0.1) is 11.4 Å². The van der Waals surface area contributed by atoms with Crippen LogP contribution in [0.5, 0.6) is 0 Å². The minimum Gasteiger partial charge on any atom is -0.365 e. The molecule has 2 aliphatic rings. The first-order valence-corrected chi connectivity index (χ1v) is 8.12. The van der Waals surface area contributed by atoms with Crippen LogP contribution in [0.15, 0.2) is 22.7 Å². The topological polar surface area (TPSA) is 49.4 Å². The SMILES string of the molecule is O=C1CC2CS(=O)CCN2c2ccc(Br)cc2N1. The van der Waals surface area contributed by atoms with Crippen molar-refractivity contribution in [1.82, 2.24) is 0 Å². The second-order valence-corrected chi connectivity index (χ2v) is 7.11. The zero-order chi connectivity index (χ0) is 12.7. The van der Waals surface area contributed by atoms with Crippen molar-refractivity contribution in [2.75, 3.05) is 28.3 Å². The Labute approximate surface area is 116 Å². The zero-order valence-electron chi connectivity index (χ0n) is 9.69. The molecule has 0 aromatic heterocycles. The molecule has 0 saturated carbocycles. The van der Waals surface area contributed by atoms with Crippen molar-refractivity contribution < 1.29 is 9.00 Å². The van der Waals surface area contributed by atoms with E-state index < -0.39 is 10.8 Å². The maximum Gasteiger partial charge on any atom is 0.226 e. The number of halogens is 1. The maximum atomic E-state index is 11.9. The average Bonchev–Trinajstić information content (AvgIpc) is 2.42. The zero-order valence-corrected chi connectivity index (χ0v) is 12.1. The number of carbonyl (C=O) groups is 1. The fourth-order valence-electron chi connectivity index (χ4n) is 2.53. The van der Waals surface area contributed by atoms with Crippen molar-refractivity contribution in [3.8, 4) is 0 Å². The molecule has 2 atom stereocenters. The molecule has 3 rings (SSSR count). The number of nitrogens with one attached hydrogen (secondary N) is 1. The average molecular weight is 329 g/mol. The Kier molecular flexibility index (Phi) is 3.15. The van der Waals surface area contributed by atoms with Crippen LogP contribution in [-0.2, 0) is 15.6 Å². The van der Waals surface area contributed by atoms with E-state index in [-0.39, 0.29) is 11.9 Å². The molecule has 2 heterocycles. The maximum absolute atomic E-state index is 11.9. The normalized spacial score (nSPS) is 26.9. The number of amides is 1. The molecule has 0 radical (unpaired) electrons. The van der Waals surface area contributed by atoms with Crippen LogP contribution in [0.3, 0.4) is 0 Å². The van der Waals surface area contributed by atoms with E-state index in [9.17, 15) is 9.00 Å². The third-order valence-corrected chi connectivity index (χ3v) is 5.23. The second kappa shape index (κ2) is 4.66. The lowest BCUT2D eigenvalue weighted by molar-refractivity contribution is -0.116. The molecule has 1 aromatic rings.